The molecule has 0 aliphatic carbocycles. The number of hydrogen-bond donors (Lipinski definition) is 1. The molecule has 2 unspecified atom stereocenters. The van der Waals surface area contributed by atoms with E-state index in [1.807, 2.05) is 24.3 Å². The molecule has 2 rings (SSSR count). The quantitative estimate of drug-likeness (QED) is 0.852. The van der Waals surface area contributed by atoms with Gasteiger partial charge in [0.25, 0.3) is 0 Å². The molecule has 1 aromatic heterocycles. The van der Waals surface area contributed by atoms with Gasteiger partial charge in [-0.05, 0) is 43.5 Å². The van der Waals surface area contributed by atoms with E-state index in [9.17, 15) is 0 Å². The first-order valence-corrected chi connectivity index (χ1v) is 8.09. The first kappa shape index (κ1) is 15.5. The van der Waals surface area contributed by atoms with E-state index < -0.39 is 0 Å². The molecule has 1 heterocycles. The van der Waals surface area contributed by atoms with E-state index >= 15 is 0 Å². The molecule has 0 saturated heterocycles. The van der Waals surface area contributed by atoms with Crippen molar-refractivity contribution in [3.63, 3.8) is 0 Å². The summed E-state index contributed by atoms with van der Waals surface area (Å²) >= 11 is 7.98. The van der Waals surface area contributed by atoms with E-state index in [2.05, 4.69) is 36.4 Å². The first-order chi connectivity index (χ1) is 9.59. The topological polar surface area (TPSA) is 29.3 Å². The van der Waals surface area contributed by atoms with Crippen molar-refractivity contribution in [2.24, 2.45) is 5.73 Å². The average Bonchev–Trinajstić information content (AvgIpc) is 2.98. The molecule has 0 bridgehead atoms. The van der Waals surface area contributed by atoms with Gasteiger partial charge in [-0.1, -0.05) is 35.9 Å². The van der Waals surface area contributed by atoms with Gasteiger partial charge < -0.3 is 5.73 Å². The Hall–Kier alpha value is -0.870. The number of halogens is 1. The van der Waals surface area contributed by atoms with Gasteiger partial charge in [-0.2, -0.15) is 0 Å². The van der Waals surface area contributed by atoms with Gasteiger partial charge in [0.1, 0.15) is 0 Å². The predicted octanol–water partition coefficient (Wildman–Crippen LogP) is 4.48. The molecule has 0 amide bonds. The number of thiophene rings is 1. The standard InChI is InChI=1S/C16H21ClN2S/c1-12(16-8-5-11-20-16)19(2)10-9-15(18)13-6-3-4-7-14(13)17/h3-8,11-12,15H,9-10,18H2,1-2H3. The molecule has 0 saturated carbocycles. The van der Waals surface area contributed by atoms with Crippen LogP contribution in [0, 0.1) is 0 Å². The van der Waals surface area contributed by atoms with Crippen molar-refractivity contribution in [2.45, 2.75) is 25.4 Å². The van der Waals surface area contributed by atoms with Crippen molar-refractivity contribution in [1.82, 2.24) is 4.90 Å². The number of benzene rings is 1. The van der Waals surface area contributed by atoms with E-state index in [1.165, 1.54) is 4.88 Å². The lowest BCUT2D eigenvalue weighted by Crippen LogP contribution is -2.26. The molecule has 0 aliphatic rings. The molecule has 0 aliphatic heterocycles. The minimum absolute atomic E-state index is 0.0123. The lowest BCUT2D eigenvalue weighted by Gasteiger charge is -2.25. The Bertz CT molecular complexity index is 527. The second-order valence-corrected chi connectivity index (χ2v) is 6.48. The van der Waals surface area contributed by atoms with Crippen molar-refractivity contribution in [3.05, 3.63) is 57.2 Å². The van der Waals surface area contributed by atoms with Crippen LogP contribution in [0.3, 0.4) is 0 Å². The maximum Gasteiger partial charge on any atom is 0.0453 e. The maximum absolute atomic E-state index is 6.25. The monoisotopic (exact) mass is 308 g/mol. The van der Waals surface area contributed by atoms with Gasteiger partial charge in [-0.3, -0.25) is 4.90 Å². The van der Waals surface area contributed by atoms with Gasteiger partial charge in [0, 0.05) is 28.5 Å². The highest BCUT2D eigenvalue weighted by molar-refractivity contribution is 7.10. The van der Waals surface area contributed by atoms with Crippen molar-refractivity contribution in [3.8, 4) is 0 Å². The average molecular weight is 309 g/mol. The highest BCUT2D eigenvalue weighted by Gasteiger charge is 2.15. The maximum atomic E-state index is 6.25. The molecular weight excluding hydrogens is 288 g/mol. The van der Waals surface area contributed by atoms with Crippen LogP contribution in [0.4, 0.5) is 0 Å². The molecule has 2 atom stereocenters. The molecule has 108 valence electrons. The Balaban J connectivity index is 1.90. The number of nitrogens with two attached hydrogens (primary N) is 1. The Morgan fingerprint density at radius 2 is 2.00 bits per heavy atom. The van der Waals surface area contributed by atoms with Crippen LogP contribution in [0.1, 0.15) is 35.9 Å². The zero-order valence-corrected chi connectivity index (χ0v) is 13.5. The fraction of sp³-hybridized carbons (Fsp3) is 0.375. The van der Waals surface area contributed by atoms with Gasteiger partial charge in [-0.25, -0.2) is 0 Å². The van der Waals surface area contributed by atoms with E-state index in [1.54, 1.807) is 11.3 Å². The van der Waals surface area contributed by atoms with Crippen LogP contribution in [0.25, 0.3) is 0 Å². The Kier molecular flexibility index (Phi) is 5.61. The summed E-state index contributed by atoms with van der Waals surface area (Å²) in [5.74, 6) is 0. The highest BCUT2D eigenvalue weighted by Crippen LogP contribution is 2.26. The number of hydrogen-bond acceptors (Lipinski definition) is 3. The normalized spacial score (nSPS) is 14.4. The molecule has 0 fully saturated rings. The summed E-state index contributed by atoms with van der Waals surface area (Å²) in [4.78, 5) is 3.72. The lowest BCUT2D eigenvalue weighted by molar-refractivity contribution is 0.254. The van der Waals surface area contributed by atoms with Gasteiger partial charge in [0.15, 0.2) is 0 Å². The second kappa shape index (κ2) is 7.23. The molecule has 1 aromatic carbocycles. The Morgan fingerprint density at radius 1 is 1.25 bits per heavy atom. The largest absolute Gasteiger partial charge is 0.324 e. The van der Waals surface area contributed by atoms with Crippen LogP contribution in [0.2, 0.25) is 5.02 Å². The van der Waals surface area contributed by atoms with Crippen molar-refractivity contribution >= 4 is 22.9 Å². The van der Waals surface area contributed by atoms with Crippen molar-refractivity contribution in [2.75, 3.05) is 13.6 Å². The van der Waals surface area contributed by atoms with E-state index in [-0.39, 0.29) is 6.04 Å². The van der Waals surface area contributed by atoms with Crippen LogP contribution in [-0.4, -0.2) is 18.5 Å². The summed E-state index contributed by atoms with van der Waals surface area (Å²) in [5.41, 5.74) is 7.29. The van der Waals surface area contributed by atoms with Crippen LogP contribution in [0.15, 0.2) is 41.8 Å². The summed E-state index contributed by atoms with van der Waals surface area (Å²) in [6.07, 6.45) is 0.899. The minimum atomic E-state index is -0.0123. The van der Waals surface area contributed by atoms with Gasteiger partial charge in [0.05, 0.1) is 0 Å². The lowest BCUT2D eigenvalue weighted by atomic mass is 10.0. The fourth-order valence-corrected chi connectivity index (χ4v) is 3.34. The van der Waals surface area contributed by atoms with Gasteiger partial charge >= 0.3 is 0 Å². The van der Waals surface area contributed by atoms with Crippen molar-refractivity contribution < 1.29 is 0 Å². The zero-order valence-electron chi connectivity index (χ0n) is 11.9. The molecule has 2 N–H and O–H groups in total. The molecule has 20 heavy (non-hydrogen) atoms. The van der Waals surface area contributed by atoms with Crippen molar-refractivity contribution in [1.29, 1.82) is 0 Å². The van der Waals surface area contributed by atoms with Crippen LogP contribution in [0.5, 0.6) is 0 Å². The van der Waals surface area contributed by atoms with E-state index in [0.29, 0.717) is 6.04 Å². The van der Waals surface area contributed by atoms with E-state index in [0.717, 1.165) is 23.6 Å². The van der Waals surface area contributed by atoms with Gasteiger partial charge in [-0.15, -0.1) is 11.3 Å². The number of rotatable bonds is 6. The van der Waals surface area contributed by atoms with Gasteiger partial charge in [0.2, 0.25) is 0 Å². The SMILES string of the molecule is CC(c1cccs1)N(C)CCC(N)c1ccccc1Cl. The third-order valence-corrected chi connectivity index (χ3v) is 5.10. The molecule has 0 spiro atoms. The smallest absolute Gasteiger partial charge is 0.0453 e. The second-order valence-electron chi connectivity index (χ2n) is 5.09. The number of nitrogens with zero attached hydrogens (tertiary/aromatic N) is 1. The molecule has 4 heteroatoms. The van der Waals surface area contributed by atoms with Crippen LogP contribution in [-0.2, 0) is 0 Å². The van der Waals surface area contributed by atoms with Crippen LogP contribution >= 0.6 is 22.9 Å². The Labute approximate surface area is 130 Å². The summed E-state index contributed by atoms with van der Waals surface area (Å²) in [6.45, 7) is 3.18. The van der Waals surface area contributed by atoms with E-state index in [4.69, 9.17) is 17.3 Å². The first-order valence-electron chi connectivity index (χ1n) is 6.83. The fourth-order valence-electron chi connectivity index (χ4n) is 2.21. The third-order valence-electron chi connectivity index (χ3n) is 3.71. The molecule has 0 radical (unpaired) electrons. The zero-order chi connectivity index (χ0) is 14.5. The summed E-state index contributed by atoms with van der Waals surface area (Å²) in [7, 11) is 2.14. The summed E-state index contributed by atoms with van der Waals surface area (Å²) in [5, 5.41) is 2.88. The minimum Gasteiger partial charge on any atom is -0.324 e. The molecule has 2 nitrogen and oxygen atoms in total. The molecular formula is C16H21ClN2S. The summed E-state index contributed by atoms with van der Waals surface area (Å²) < 4.78 is 0. The Morgan fingerprint density at radius 3 is 2.65 bits per heavy atom. The third kappa shape index (κ3) is 3.83. The van der Waals surface area contributed by atoms with Crippen LogP contribution < -0.4 is 5.73 Å². The predicted molar refractivity (Wildman–Crippen MR) is 88.4 cm³/mol. The summed E-state index contributed by atoms with van der Waals surface area (Å²) in [6, 6.07) is 12.5. The molecule has 2 aromatic rings. The highest BCUT2D eigenvalue weighted by atomic mass is 35.5.